The van der Waals surface area contributed by atoms with Crippen molar-refractivity contribution >= 4 is 22.5 Å². The summed E-state index contributed by atoms with van der Waals surface area (Å²) in [7, 11) is 0. The summed E-state index contributed by atoms with van der Waals surface area (Å²) in [5.41, 5.74) is 2.77. The van der Waals surface area contributed by atoms with E-state index < -0.39 is 0 Å². The highest BCUT2D eigenvalue weighted by Crippen LogP contribution is 2.19. The third kappa shape index (κ3) is 4.84. The predicted octanol–water partition coefficient (Wildman–Crippen LogP) is 2.51. The molecule has 0 unspecified atom stereocenters. The van der Waals surface area contributed by atoms with E-state index in [1.165, 1.54) is 0 Å². The maximum atomic E-state index is 12.2. The number of rotatable bonds is 7. The molecule has 2 N–H and O–H groups in total. The zero-order chi connectivity index (χ0) is 21.5. The van der Waals surface area contributed by atoms with Gasteiger partial charge in [-0.25, -0.2) is 4.98 Å². The van der Waals surface area contributed by atoms with Crippen LogP contribution in [0.5, 0.6) is 0 Å². The van der Waals surface area contributed by atoms with Crippen molar-refractivity contribution in [3.05, 3.63) is 69.8 Å². The van der Waals surface area contributed by atoms with E-state index in [-0.39, 0.29) is 17.9 Å². The van der Waals surface area contributed by atoms with Gasteiger partial charge in [-0.15, -0.1) is 6.42 Å². The molecule has 7 nitrogen and oxygen atoms in total. The van der Waals surface area contributed by atoms with E-state index in [2.05, 4.69) is 21.2 Å². The molecule has 2 aromatic carbocycles. The van der Waals surface area contributed by atoms with Gasteiger partial charge in [0.15, 0.2) is 0 Å². The number of benzene rings is 2. The van der Waals surface area contributed by atoms with Crippen molar-refractivity contribution in [2.45, 2.75) is 19.9 Å². The van der Waals surface area contributed by atoms with Gasteiger partial charge in [0, 0.05) is 24.3 Å². The Kier molecular flexibility index (Phi) is 6.46. The minimum Gasteiger partial charge on any atom is -0.356 e. The fourth-order valence-corrected chi connectivity index (χ4v) is 3.13. The second-order valence-corrected chi connectivity index (χ2v) is 6.77. The molecule has 150 valence electrons. The second-order valence-electron chi connectivity index (χ2n) is 6.77. The molecular weight excluding hydrogens is 378 g/mol. The Balaban J connectivity index is 1.80. The molecule has 0 aliphatic heterocycles. The van der Waals surface area contributed by atoms with Crippen LogP contribution in [-0.4, -0.2) is 29.0 Å². The van der Waals surface area contributed by atoms with E-state index in [0.717, 1.165) is 11.3 Å². The first-order valence-corrected chi connectivity index (χ1v) is 9.45. The number of aryl methyl sites for hydroxylation is 1. The fourth-order valence-electron chi connectivity index (χ4n) is 3.13. The number of fused-ring (bicyclic) bond motifs is 1. The van der Waals surface area contributed by atoms with Crippen molar-refractivity contribution in [1.82, 2.24) is 15.3 Å². The molecule has 1 heterocycles. The van der Waals surface area contributed by atoms with E-state index in [0.29, 0.717) is 41.9 Å². The number of nitriles is 1. The molecule has 0 fully saturated rings. The first-order valence-electron chi connectivity index (χ1n) is 9.45. The fraction of sp³-hybridized carbons (Fsp3) is 0.217. The SMILES string of the molecule is C#CCN(Cc1ccc2nc(C)[nH]c(=O)c2c1)c1ccc(C(=O)NCCC#N)cc1. The molecule has 0 bridgehead atoms. The smallest absolute Gasteiger partial charge is 0.258 e. The number of aromatic nitrogens is 2. The number of hydrogen-bond acceptors (Lipinski definition) is 5. The van der Waals surface area contributed by atoms with Crippen molar-refractivity contribution in [2.24, 2.45) is 0 Å². The summed E-state index contributed by atoms with van der Waals surface area (Å²) in [6.45, 7) is 2.93. The molecule has 0 saturated heterocycles. The van der Waals surface area contributed by atoms with Crippen LogP contribution in [0.4, 0.5) is 5.69 Å². The van der Waals surface area contributed by atoms with Crippen molar-refractivity contribution in [3.8, 4) is 18.4 Å². The summed E-state index contributed by atoms with van der Waals surface area (Å²) in [6, 6.07) is 14.7. The Morgan fingerprint density at radius 1 is 1.27 bits per heavy atom. The van der Waals surface area contributed by atoms with Crippen molar-refractivity contribution < 1.29 is 4.79 Å². The van der Waals surface area contributed by atoms with Crippen LogP contribution in [0.2, 0.25) is 0 Å². The van der Waals surface area contributed by atoms with E-state index in [4.69, 9.17) is 11.7 Å². The summed E-state index contributed by atoms with van der Waals surface area (Å²) < 4.78 is 0. The largest absolute Gasteiger partial charge is 0.356 e. The number of hydrogen-bond donors (Lipinski definition) is 2. The quantitative estimate of drug-likeness (QED) is 0.470. The summed E-state index contributed by atoms with van der Waals surface area (Å²) in [6.07, 6.45) is 5.82. The number of terminal acetylenes is 1. The summed E-state index contributed by atoms with van der Waals surface area (Å²) in [5, 5.41) is 11.8. The minimum atomic E-state index is -0.225. The minimum absolute atomic E-state index is 0.172. The first-order chi connectivity index (χ1) is 14.5. The second kappa shape index (κ2) is 9.40. The molecule has 0 atom stereocenters. The van der Waals surface area contributed by atoms with E-state index >= 15 is 0 Å². The summed E-state index contributed by atoms with van der Waals surface area (Å²) in [4.78, 5) is 33.4. The highest BCUT2D eigenvalue weighted by Gasteiger charge is 2.11. The van der Waals surface area contributed by atoms with Crippen LogP contribution in [0.25, 0.3) is 10.9 Å². The lowest BCUT2D eigenvalue weighted by Crippen LogP contribution is -2.25. The van der Waals surface area contributed by atoms with Crippen molar-refractivity contribution in [2.75, 3.05) is 18.0 Å². The predicted molar refractivity (Wildman–Crippen MR) is 116 cm³/mol. The lowest BCUT2D eigenvalue weighted by molar-refractivity contribution is 0.0954. The molecule has 0 aliphatic rings. The van der Waals surface area contributed by atoms with Crippen LogP contribution in [0, 0.1) is 30.6 Å². The van der Waals surface area contributed by atoms with Gasteiger partial charge < -0.3 is 15.2 Å². The number of carbonyl (C=O) groups excluding carboxylic acids is 1. The highest BCUT2D eigenvalue weighted by atomic mass is 16.1. The molecule has 0 saturated carbocycles. The van der Waals surface area contributed by atoms with Crippen molar-refractivity contribution in [3.63, 3.8) is 0 Å². The van der Waals surface area contributed by atoms with Gasteiger partial charge in [0.1, 0.15) is 5.82 Å². The number of carbonyl (C=O) groups is 1. The van der Waals surface area contributed by atoms with Crippen LogP contribution in [0.3, 0.4) is 0 Å². The Hall–Kier alpha value is -4.10. The lowest BCUT2D eigenvalue weighted by atomic mass is 10.1. The van der Waals surface area contributed by atoms with E-state index in [9.17, 15) is 9.59 Å². The number of H-pyrrole nitrogens is 1. The normalized spacial score (nSPS) is 10.2. The van der Waals surface area contributed by atoms with Crippen molar-refractivity contribution in [1.29, 1.82) is 5.26 Å². The average Bonchev–Trinajstić information content (AvgIpc) is 2.74. The van der Waals surface area contributed by atoms with Gasteiger partial charge in [-0.2, -0.15) is 5.26 Å². The Morgan fingerprint density at radius 2 is 2.03 bits per heavy atom. The standard InChI is InChI=1S/C23H21N5O2/c1-3-13-28(19-8-6-18(7-9-19)22(29)25-12-4-11-24)15-17-5-10-21-20(14-17)23(30)27-16(2)26-21/h1,5-10,14H,4,12-13,15H2,2H3,(H,25,29)(H,26,27,30). The number of amides is 1. The monoisotopic (exact) mass is 399 g/mol. The van der Waals surface area contributed by atoms with Crippen LogP contribution in [0.15, 0.2) is 47.3 Å². The van der Waals surface area contributed by atoms with Crippen LogP contribution < -0.4 is 15.8 Å². The maximum Gasteiger partial charge on any atom is 0.258 e. The number of aromatic amines is 1. The Morgan fingerprint density at radius 3 is 2.73 bits per heavy atom. The number of nitrogens with one attached hydrogen (secondary N) is 2. The van der Waals surface area contributed by atoms with Crippen LogP contribution in [0.1, 0.15) is 28.2 Å². The van der Waals surface area contributed by atoms with Gasteiger partial charge in [-0.3, -0.25) is 9.59 Å². The molecule has 3 aromatic rings. The first kappa shape index (κ1) is 20.6. The molecule has 1 amide bonds. The van der Waals surface area contributed by atoms with Gasteiger partial charge in [-0.05, 0) is 48.9 Å². The summed E-state index contributed by atoms with van der Waals surface area (Å²) in [5.74, 6) is 3.00. The summed E-state index contributed by atoms with van der Waals surface area (Å²) >= 11 is 0. The lowest BCUT2D eigenvalue weighted by Gasteiger charge is -2.23. The van der Waals surface area contributed by atoms with E-state index in [1.54, 1.807) is 19.1 Å². The average molecular weight is 399 g/mol. The molecule has 0 radical (unpaired) electrons. The molecule has 1 aromatic heterocycles. The van der Waals surface area contributed by atoms with Gasteiger partial charge in [0.2, 0.25) is 0 Å². The zero-order valence-corrected chi connectivity index (χ0v) is 16.6. The third-order valence-electron chi connectivity index (χ3n) is 4.56. The Labute approximate surface area is 174 Å². The highest BCUT2D eigenvalue weighted by molar-refractivity contribution is 5.94. The third-order valence-corrected chi connectivity index (χ3v) is 4.56. The topological polar surface area (TPSA) is 102 Å². The molecule has 0 aliphatic carbocycles. The maximum absolute atomic E-state index is 12.2. The van der Waals surface area contributed by atoms with Crippen LogP contribution in [-0.2, 0) is 6.54 Å². The number of nitrogens with zero attached hydrogens (tertiary/aromatic N) is 3. The zero-order valence-electron chi connectivity index (χ0n) is 16.6. The molecule has 0 spiro atoms. The van der Waals surface area contributed by atoms with Gasteiger partial charge in [0.25, 0.3) is 11.5 Å². The van der Waals surface area contributed by atoms with Gasteiger partial charge >= 0.3 is 0 Å². The molecule has 30 heavy (non-hydrogen) atoms. The molecule has 3 rings (SSSR count). The molecule has 7 heteroatoms. The van der Waals surface area contributed by atoms with Gasteiger partial charge in [0.05, 0.1) is 29.9 Å². The molecular formula is C23H21N5O2. The Bertz CT molecular complexity index is 1200. The van der Waals surface area contributed by atoms with Crippen LogP contribution >= 0.6 is 0 Å². The number of anilines is 1. The van der Waals surface area contributed by atoms with E-state index in [1.807, 2.05) is 41.3 Å². The van der Waals surface area contributed by atoms with Gasteiger partial charge in [-0.1, -0.05) is 12.0 Å².